The summed E-state index contributed by atoms with van der Waals surface area (Å²) in [6.07, 6.45) is 7.59. The average Bonchev–Trinajstić information content (AvgIpc) is 3.61. The van der Waals surface area contributed by atoms with Gasteiger partial charge in [0.2, 0.25) is 0 Å². The van der Waals surface area contributed by atoms with Crippen molar-refractivity contribution in [2.45, 2.75) is 51.0 Å². The van der Waals surface area contributed by atoms with Crippen LogP contribution in [0.2, 0.25) is 0 Å². The van der Waals surface area contributed by atoms with Gasteiger partial charge in [0.05, 0.1) is 11.5 Å². The van der Waals surface area contributed by atoms with Crippen molar-refractivity contribution in [1.82, 2.24) is 19.0 Å². The smallest absolute Gasteiger partial charge is 0.433 e. The molecule has 0 saturated carbocycles. The van der Waals surface area contributed by atoms with Gasteiger partial charge in [-0.1, -0.05) is 57.0 Å². The normalized spacial score (nSPS) is 11.6. The summed E-state index contributed by atoms with van der Waals surface area (Å²) in [5.74, 6) is 0.797. The van der Waals surface area contributed by atoms with E-state index in [1.165, 1.54) is 18.4 Å². The predicted octanol–water partition coefficient (Wildman–Crippen LogP) is 6.16. The number of unbranched alkanes of at least 4 members (excludes halogenated alkanes) is 1. The monoisotopic (exact) mass is 568 g/mol. The fraction of sp³-hybridized carbons (Fsp3) is 0.321. The number of hydroxylamine groups is 1. The van der Waals surface area contributed by atoms with Crippen LogP contribution in [0, 0.1) is 0 Å². The number of carbonyl (C=O) groups is 1. The molecule has 2 aromatic carbocycles. The molecule has 2 heterocycles. The molecule has 11 heteroatoms. The molecular weight excluding hydrogens is 536 g/mol. The summed E-state index contributed by atoms with van der Waals surface area (Å²) in [7, 11) is -2.98. The van der Waals surface area contributed by atoms with Crippen molar-refractivity contribution in [3.05, 3.63) is 77.6 Å². The Labute approximate surface area is 233 Å². The Hall–Kier alpha value is -3.54. The van der Waals surface area contributed by atoms with Gasteiger partial charge in [0.25, 0.3) is 10.0 Å². The first-order valence-corrected chi connectivity index (χ1v) is 15.1. The Morgan fingerprint density at radius 3 is 2.49 bits per heavy atom. The van der Waals surface area contributed by atoms with Crippen LogP contribution < -0.4 is 0 Å². The van der Waals surface area contributed by atoms with Crippen LogP contribution in [-0.4, -0.2) is 47.2 Å². The van der Waals surface area contributed by atoms with Crippen LogP contribution in [0.5, 0.6) is 0 Å². The Bertz CT molecular complexity index is 1480. The van der Waals surface area contributed by atoms with Crippen molar-refractivity contribution in [3.8, 4) is 22.0 Å². The lowest BCUT2D eigenvalue weighted by Crippen LogP contribution is -2.31. The van der Waals surface area contributed by atoms with Crippen molar-refractivity contribution in [2.24, 2.45) is 0 Å². The first kappa shape index (κ1) is 28.5. The lowest BCUT2D eigenvalue weighted by atomic mass is 10.00. The van der Waals surface area contributed by atoms with Crippen molar-refractivity contribution >= 4 is 27.5 Å². The van der Waals surface area contributed by atoms with Gasteiger partial charge in [-0.2, -0.15) is 0 Å². The summed E-state index contributed by atoms with van der Waals surface area (Å²) in [6.45, 7) is 4.78. The van der Waals surface area contributed by atoms with Crippen molar-refractivity contribution in [1.29, 1.82) is 0 Å². The van der Waals surface area contributed by atoms with Crippen molar-refractivity contribution < 1.29 is 22.8 Å². The molecule has 0 fully saturated rings. The SMILES string of the molecule is CCCCOC(=O)ON(C)S(=O)(=O)c1ccc(CCC)cc1-c1ccc(Cn2ccnc2-c2nccs2)cc1. The zero-order valence-electron chi connectivity index (χ0n) is 22.2. The molecule has 0 saturated heterocycles. The topological polar surface area (TPSA) is 104 Å². The Morgan fingerprint density at radius 1 is 1.03 bits per heavy atom. The minimum absolute atomic E-state index is 0.0413. The molecule has 9 nitrogen and oxygen atoms in total. The maximum absolute atomic E-state index is 13.5. The van der Waals surface area contributed by atoms with Crippen LogP contribution in [0.25, 0.3) is 22.0 Å². The molecule has 0 N–H and O–H groups in total. The zero-order chi connectivity index (χ0) is 27.8. The van der Waals surface area contributed by atoms with Crippen LogP contribution in [0.1, 0.15) is 44.2 Å². The third-order valence-corrected chi connectivity index (χ3v) is 8.51. The number of sulfonamides is 1. The highest BCUT2D eigenvalue weighted by Gasteiger charge is 2.28. The molecule has 0 radical (unpaired) electrons. The molecule has 0 aliphatic rings. The minimum Gasteiger partial charge on any atom is -0.433 e. The van der Waals surface area contributed by atoms with Crippen molar-refractivity contribution in [3.63, 3.8) is 0 Å². The molecule has 0 spiro atoms. The summed E-state index contributed by atoms with van der Waals surface area (Å²) < 4.78 is 34.5. The van der Waals surface area contributed by atoms with Crippen LogP contribution in [-0.2, 0) is 32.6 Å². The van der Waals surface area contributed by atoms with Gasteiger partial charge in [0, 0.05) is 43.1 Å². The van der Waals surface area contributed by atoms with Crippen LogP contribution in [0.4, 0.5) is 4.79 Å². The van der Waals surface area contributed by atoms with E-state index in [0.717, 1.165) is 46.8 Å². The van der Waals surface area contributed by atoms with E-state index in [1.54, 1.807) is 24.5 Å². The van der Waals surface area contributed by atoms with Gasteiger partial charge >= 0.3 is 6.16 Å². The largest absolute Gasteiger partial charge is 0.528 e. The second-order valence-corrected chi connectivity index (χ2v) is 11.8. The van der Waals surface area contributed by atoms with Gasteiger partial charge in [-0.05, 0) is 46.1 Å². The summed E-state index contributed by atoms with van der Waals surface area (Å²) in [5.41, 5.74) is 3.32. The van der Waals surface area contributed by atoms with Gasteiger partial charge < -0.3 is 14.1 Å². The molecule has 0 aliphatic heterocycles. The average molecular weight is 569 g/mol. The van der Waals surface area contributed by atoms with Crippen LogP contribution in [0.15, 0.2) is 71.3 Å². The number of thiazole rings is 1. The summed E-state index contributed by atoms with van der Waals surface area (Å²) >= 11 is 1.53. The molecular formula is C28H32N4O5S2. The summed E-state index contributed by atoms with van der Waals surface area (Å²) in [6, 6.07) is 13.0. The number of aromatic nitrogens is 3. The van der Waals surface area contributed by atoms with Crippen LogP contribution in [0.3, 0.4) is 0 Å². The highest BCUT2D eigenvalue weighted by atomic mass is 32.2. The van der Waals surface area contributed by atoms with Crippen LogP contribution >= 0.6 is 11.3 Å². The number of aryl methyl sites for hydroxylation is 1. The molecule has 0 amide bonds. The molecule has 39 heavy (non-hydrogen) atoms. The van der Waals surface area contributed by atoms with Gasteiger partial charge in [-0.15, -0.1) is 11.3 Å². The number of ether oxygens (including phenoxy) is 1. The van der Waals surface area contributed by atoms with E-state index in [0.29, 0.717) is 23.0 Å². The lowest BCUT2D eigenvalue weighted by molar-refractivity contribution is -0.0493. The van der Waals surface area contributed by atoms with E-state index in [2.05, 4.69) is 16.9 Å². The molecule has 0 bridgehead atoms. The predicted molar refractivity (Wildman–Crippen MR) is 151 cm³/mol. The van der Waals surface area contributed by atoms with E-state index in [1.807, 2.05) is 53.4 Å². The van der Waals surface area contributed by atoms with Gasteiger partial charge in [-0.3, -0.25) is 0 Å². The Balaban J connectivity index is 1.60. The molecule has 0 unspecified atom stereocenters. The number of imidazole rings is 1. The van der Waals surface area contributed by atoms with E-state index in [9.17, 15) is 13.2 Å². The first-order valence-electron chi connectivity index (χ1n) is 12.8. The quantitative estimate of drug-likeness (QED) is 0.114. The van der Waals surface area contributed by atoms with Gasteiger partial charge in [0.15, 0.2) is 10.8 Å². The van der Waals surface area contributed by atoms with Gasteiger partial charge in [0.1, 0.15) is 0 Å². The van der Waals surface area contributed by atoms with E-state index < -0.39 is 16.2 Å². The highest BCUT2D eigenvalue weighted by Crippen LogP contribution is 2.31. The van der Waals surface area contributed by atoms with E-state index in [4.69, 9.17) is 9.57 Å². The fourth-order valence-electron chi connectivity index (χ4n) is 4.05. The second-order valence-electron chi connectivity index (χ2n) is 8.95. The number of rotatable bonds is 12. The number of benzene rings is 2. The van der Waals surface area contributed by atoms with E-state index in [-0.39, 0.29) is 11.5 Å². The number of nitrogens with zero attached hydrogens (tertiary/aromatic N) is 4. The summed E-state index contributed by atoms with van der Waals surface area (Å²) in [5, 5.41) is 2.76. The molecule has 4 rings (SSSR count). The maximum atomic E-state index is 13.5. The van der Waals surface area contributed by atoms with Crippen molar-refractivity contribution in [2.75, 3.05) is 13.7 Å². The van der Waals surface area contributed by atoms with Gasteiger partial charge in [-0.25, -0.2) is 23.2 Å². The minimum atomic E-state index is -4.16. The zero-order valence-corrected chi connectivity index (χ0v) is 23.9. The summed E-state index contributed by atoms with van der Waals surface area (Å²) in [4.78, 5) is 25.8. The Kier molecular flexibility index (Phi) is 9.50. The molecule has 206 valence electrons. The first-order chi connectivity index (χ1) is 18.8. The highest BCUT2D eigenvalue weighted by molar-refractivity contribution is 7.89. The lowest BCUT2D eigenvalue weighted by Gasteiger charge is -2.19. The fourth-order valence-corrected chi connectivity index (χ4v) is 5.82. The second kappa shape index (κ2) is 13.0. The molecule has 0 atom stereocenters. The number of hydrogen-bond acceptors (Lipinski definition) is 8. The third kappa shape index (κ3) is 6.92. The Morgan fingerprint density at radius 2 is 1.79 bits per heavy atom. The maximum Gasteiger partial charge on any atom is 0.528 e. The molecule has 0 aliphatic carbocycles. The molecule has 4 aromatic rings. The van der Waals surface area contributed by atoms with E-state index >= 15 is 0 Å². The number of hydrogen-bond donors (Lipinski definition) is 0. The number of carbonyl (C=O) groups excluding carboxylic acids is 1. The standard InChI is InChI=1S/C28H32N4O5S2/c1-4-6-17-36-28(33)37-31(3)39(34,35)25-13-10-21(7-5-2)19-24(25)23-11-8-22(9-12-23)20-32-16-14-29-26(32)27-30-15-18-38-27/h8-16,18-19H,4-7,17,20H2,1-3H3. The third-order valence-electron chi connectivity index (χ3n) is 6.08. The molecule has 2 aromatic heterocycles.